The van der Waals surface area contributed by atoms with Gasteiger partial charge in [0.2, 0.25) is 6.29 Å². The molecule has 1 aromatic carbocycles. The first-order chi connectivity index (χ1) is 13.1. The molecular formula is C19H18O8. The Morgan fingerprint density at radius 2 is 2.15 bits per heavy atom. The van der Waals surface area contributed by atoms with Crippen LogP contribution in [0.1, 0.15) is 34.3 Å². The minimum atomic E-state index is -0.715. The Morgan fingerprint density at radius 1 is 1.30 bits per heavy atom. The van der Waals surface area contributed by atoms with E-state index in [9.17, 15) is 9.59 Å². The standard InChI is InChI=1S/C19H18O8/c1-3-23-11-7-25-19-15(11)14-10(26-19)6-9(22-2)12-8-4-5-24-17(20)13(8)18(21)27-16(12)14/h6,11,15,19H,3-5,7H2,1-2H3. The van der Waals surface area contributed by atoms with Crippen LogP contribution in [0, 0.1) is 0 Å². The second-order valence-corrected chi connectivity index (χ2v) is 6.66. The maximum atomic E-state index is 12.6. The first-order valence-corrected chi connectivity index (χ1v) is 8.91. The van der Waals surface area contributed by atoms with Crippen LogP contribution in [0.25, 0.3) is 11.0 Å². The number of esters is 1. The lowest BCUT2D eigenvalue weighted by atomic mass is 9.91. The minimum absolute atomic E-state index is 0.0634. The molecule has 3 unspecified atom stereocenters. The molecule has 0 aliphatic carbocycles. The number of cyclic esters (lactones) is 1. The van der Waals surface area contributed by atoms with Gasteiger partial charge in [-0.15, -0.1) is 0 Å². The predicted octanol–water partition coefficient (Wildman–Crippen LogP) is 1.75. The van der Waals surface area contributed by atoms with Gasteiger partial charge in [-0.1, -0.05) is 0 Å². The monoisotopic (exact) mass is 374 g/mol. The topological polar surface area (TPSA) is 93.4 Å². The third kappa shape index (κ3) is 2.23. The Hall–Kier alpha value is -2.58. The van der Waals surface area contributed by atoms with Gasteiger partial charge >= 0.3 is 11.6 Å². The van der Waals surface area contributed by atoms with Crippen molar-refractivity contribution in [1.82, 2.24) is 0 Å². The number of fused-ring (bicyclic) bond motifs is 7. The summed E-state index contributed by atoms with van der Waals surface area (Å²) < 4.78 is 33.6. The Morgan fingerprint density at radius 3 is 2.93 bits per heavy atom. The molecule has 3 aliphatic rings. The van der Waals surface area contributed by atoms with Crippen molar-refractivity contribution in [1.29, 1.82) is 0 Å². The van der Waals surface area contributed by atoms with Crippen molar-refractivity contribution in [3.8, 4) is 11.5 Å². The zero-order chi connectivity index (χ0) is 18.7. The summed E-state index contributed by atoms with van der Waals surface area (Å²) in [6, 6.07) is 1.75. The lowest BCUT2D eigenvalue weighted by Crippen LogP contribution is -2.27. The van der Waals surface area contributed by atoms with Crippen molar-refractivity contribution in [3.63, 3.8) is 0 Å². The van der Waals surface area contributed by atoms with Crippen LogP contribution < -0.4 is 15.1 Å². The van der Waals surface area contributed by atoms with E-state index in [-0.39, 0.29) is 24.2 Å². The van der Waals surface area contributed by atoms with Crippen molar-refractivity contribution >= 4 is 16.9 Å². The molecule has 0 radical (unpaired) electrons. The van der Waals surface area contributed by atoms with E-state index in [1.165, 1.54) is 7.11 Å². The van der Waals surface area contributed by atoms with Crippen molar-refractivity contribution < 1.29 is 32.9 Å². The number of hydrogen-bond donors (Lipinski definition) is 0. The van der Waals surface area contributed by atoms with Crippen molar-refractivity contribution in [3.05, 3.63) is 33.2 Å². The van der Waals surface area contributed by atoms with Gasteiger partial charge in [0.05, 0.1) is 43.3 Å². The summed E-state index contributed by atoms with van der Waals surface area (Å²) in [5.74, 6) is 0.136. The lowest BCUT2D eigenvalue weighted by Gasteiger charge is -2.20. The average molecular weight is 374 g/mol. The molecule has 8 heteroatoms. The molecule has 3 atom stereocenters. The largest absolute Gasteiger partial charge is 0.496 e. The smallest absolute Gasteiger partial charge is 0.351 e. The molecular weight excluding hydrogens is 356 g/mol. The van der Waals surface area contributed by atoms with Gasteiger partial charge in [-0.25, -0.2) is 9.59 Å². The predicted molar refractivity (Wildman–Crippen MR) is 91.5 cm³/mol. The molecule has 0 N–H and O–H groups in total. The summed E-state index contributed by atoms with van der Waals surface area (Å²) in [6.07, 6.45) is -0.291. The van der Waals surface area contributed by atoms with Crippen LogP contribution >= 0.6 is 0 Å². The molecule has 142 valence electrons. The van der Waals surface area contributed by atoms with E-state index in [1.807, 2.05) is 6.92 Å². The molecule has 0 bridgehead atoms. The number of ether oxygens (including phenoxy) is 5. The van der Waals surface area contributed by atoms with Gasteiger partial charge in [0.25, 0.3) is 0 Å². The van der Waals surface area contributed by atoms with Gasteiger partial charge in [0.1, 0.15) is 22.6 Å². The fraction of sp³-hybridized carbons (Fsp3) is 0.474. The van der Waals surface area contributed by atoms with E-state index >= 15 is 0 Å². The van der Waals surface area contributed by atoms with Crippen LogP contribution in [-0.2, 0) is 20.6 Å². The Labute approximate surface area is 153 Å². The highest BCUT2D eigenvalue weighted by Crippen LogP contribution is 2.51. The molecule has 8 nitrogen and oxygen atoms in total. The van der Waals surface area contributed by atoms with Crippen LogP contribution in [0.5, 0.6) is 11.5 Å². The number of carbonyl (C=O) groups is 1. The molecule has 1 fully saturated rings. The summed E-state index contributed by atoms with van der Waals surface area (Å²) in [6.45, 7) is 3.06. The first-order valence-electron chi connectivity index (χ1n) is 8.91. The highest BCUT2D eigenvalue weighted by molar-refractivity contribution is 6.01. The number of hydrogen-bond acceptors (Lipinski definition) is 8. The van der Waals surface area contributed by atoms with Gasteiger partial charge in [0.15, 0.2) is 0 Å². The summed E-state index contributed by atoms with van der Waals surface area (Å²) in [5, 5.41) is 0.605. The van der Waals surface area contributed by atoms with Crippen LogP contribution in [0.3, 0.4) is 0 Å². The Balaban J connectivity index is 1.83. The van der Waals surface area contributed by atoms with Gasteiger partial charge < -0.3 is 28.1 Å². The minimum Gasteiger partial charge on any atom is -0.496 e. The van der Waals surface area contributed by atoms with E-state index < -0.39 is 17.9 Å². The number of carbonyl (C=O) groups excluding carboxylic acids is 1. The zero-order valence-corrected chi connectivity index (χ0v) is 14.9. The first kappa shape index (κ1) is 16.6. The van der Waals surface area contributed by atoms with Crippen LogP contribution in [0.2, 0.25) is 0 Å². The molecule has 0 spiro atoms. The quantitative estimate of drug-likeness (QED) is 0.593. The van der Waals surface area contributed by atoms with E-state index in [0.717, 1.165) is 5.56 Å². The van der Waals surface area contributed by atoms with Crippen LogP contribution in [-0.4, -0.2) is 45.3 Å². The molecule has 27 heavy (non-hydrogen) atoms. The molecule has 5 rings (SSSR count). The van der Waals surface area contributed by atoms with Crippen LogP contribution in [0.15, 0.2) is 15.3 Å². The summed E-state index contributed by atoms with van der Waals surface area (Å²) >= 11 is 0. The number of rotatable bonds is 3. The third-order valence-corrected chi connectivity index (χ3v) is 5.33. The van der Waals surface area contributed by atoms with E-state index in [0.29, 0.717) is 47.7 Å². The van der Waals surface area contributed by atoms with E-state index in [1.54, 1.807) is 6.07 Å². The molecule has 0 amide bonds. The number of methoxy groups -OCH3 is 1. The SMILES string of the molecule is CCOC1COC2Oc3cc(OC)c4c5c(c(=O)oc4c3C12)C(=O)OCC5. The molecule has 0 saturated carbocycles. The second-order valence-electron chi connectivity index (χ2n) is 6.66. The van der Waals surface area contributed by atoms with Gasteiger partial charge in [-0.3, -0.25) is 0 Å². The lowest BCUT2D eigenvalue weighted by molar-refractivity contribution is -0.0359. The molecule has 2 aromatic rings. The highest BCUT2D eigenvalue weighted by atomic mass is 16.7. The average Bonchev–Trinajstić information content (AvgIpc) is 3.20. The van der Waals surface area contributed by atoms with Gasteiger partial charge in [0, 0.05) is 19.1 Å². The third-order valence-electron chi connectivity index (χ3n) is 5.33. The normalized spacial score (nSPS) is 25.6. The van der Waals surface area contributed by atoms with E-state index in [4.69, 9.17) is 28.1 Å². The van der Waals surface area contributed by atoms with Gasteiger partial charge in [-0.05, 0) is 12.5 Å². The highest BCUT2D eigenvalue weighted by Gasteiger charge is 2.49. The molecule has 1 aromatic heterocycles. The molecule has 3 aliphatic heterocycles. The van der Waals surface area contributed by atoms with E-state index in [2.05, 4.69) is 0 Å². The Kier molecular flexibility index (Phi) is 3.66. The molecule has 4 heterocycles. The van der Waals surface area contributed by atoms with Crippen molar-refractivity contribution in [2.45, 2.75) is 31.7 Å². The summed E-state index contributed by atoms with van der Waals surface area (Å²) in [5.41, 5.74) is 0.906. The summed E-state index contributed by atoms with van der Waals surface area (Å²) in [7, 11) is 1.52. The van der Waals surface area contributed by atoms with Crippen LogP contribution in [0.4, 0.5) is 0 Å². The van der Waals surface area contributed by atoms with Crippen molar-refractivity contribution in [2.24, 2.45) is 0 Å². The maximum absolute atomic E-state index is 12.6. The zero-order valence-electron chi connectivity index (χ0n) is 14.9. The van der Waals surface area contributed by atoms with Gasteiger partial charge in [-0.2, -0.15) is 0 Å². The van der Waals surface area contributed by atoms with Crippen molar-refractivity contribution in [2.75, 3.05) is 26.9 Å². The number of benzene rings is 1. The fourth-order valence-electron chi connectivity index (χ4n) is 4.25. The Bertz CT molecular complexity index is 1010. The summed E-state index contributed by atoms with van der Waals surface area (Å²) in [4.78, 5) is 24.7. The second kappa shape index (κ2) is 5.97. The fourth-order valence-corrected chi connectivity index (χ4v) is 4.25. The maximum Gasteiger partial charge on any atom is 0.351 e. The molecule has 1 saturated heterocycles.